The van der Waals surface area contributed by atoms with E-state index in [9.17, 15) is 4.79 Å². The molecule has 3 heteroatoms. The van der Waals surface area contributed by atoms with Gasteiger partial charge < -0.3 is 9.47 Å². The van der Waals surface area contributed by atoms with Crippen LogP contribution in [0, 0.1) is 58.2 Å². The summed E-state index contributed by atoms with van der Waals surface area (Å²) < 4.78 is 12.4. The summed E-state index contributed by atoms with van der Waals surface area (Å²) in [6, 6.07) is 0. The Hall–Kier alpha value is -0.410. The van der Waals surface area contributed by atoms with E-state index >= 15 is 0 Å². The fraction of sp³-hybridized carbons (Fsp3) is 0.968. The Bertz CT molecular complexity index is 754. The van der Waals surface area contributed by atoms with Crippen molar-refractivity contribution in [3.63, 3.8) is 0 Å². The molecule has 9 unspecified atom stereocenters. The van der Waals surface area contributed by atoms with Gasteiger partial charge >= 0.3 is 0 Å². The molecule has 9 atom stereocenters. The lowest BCUT2D eigenvalue weighted by Gasteiger charge is -2.63. The van der Waals surface area contributed by atoms with Crippen LogP contribution in [0.3, 0.4) is 0 Å². The Morgan fingerprint density at radius 3 is 2.26 bits per heavy atom. The van der Waals surface area contributed by atoms with Crippen LogP contribution in [-0.4, -0.2) is 24.8 Å². The summed E-state index contributed by atoms with van der Waals surface area (Å²) in [4.78, 5) is 12.9. The van der Waals surface area contributed by atoms with Crippen molar-refractivity contribution >= 4 is 5.78 Å². The summed E-state index contributed by atoms with van der Waals surface area (Å²) in [5.74, 6) is 5.36. The van der Waals surface area contributed by atoms with Gasteiger partial charge in [0, 0.05) is 6.42 Å². The van der Waals surface area contributed by atoms with Gasteiger partial charge in [-0.25, -0.2) is 0 Å². The van der Waals surface area contributed by atoms with E-state index in [1.165, 1.54) is 57.8 Å². The second kappa shape index (κ2) is 9.16. The van der Waals surface area contributed by atoms with E-state index in [2.05, 4.69) is 34.6 Å². The highest BCUT2D eigenvalue weighted by Gasteiger charge is 2.65. The van der Waals surface area contributed by atoms with E-state index in [-0.39, 0.29) is 17.1 Å². The molecule has 0 bridgehead atoms. The monoisotopic (exact) mass is 472 g/mol. The first-order valence-corrected chi connectivity index (χ1v) is 14.9. The minimum absolute atomic E-state index is 0.0828. The van der Waals surface area contributed by atoms with E-state index in [0.717, 1.165) is 48.3 Å². The number of fused-ring (bicyclic) bond motifs is 5. The maximum Gasteiger partial charge on any atom is 0.178 e. The zero-order valence-electron chi connectivity index (χ0n) is 23.0. The number of rotatable bonds is 6. The Morgan fingerprint density at radius 2 is 1.59 bits per heavy atom. The topological polar surface area (TPSA) is 35.5 Å². The van der Waals surface area contributed by atoms with E-state index in [4.69, 9.17) is 9.47 Å². The molecule has 4 saturated carbocycles. The Morgan fingerprint density at radius 1 is 0.882 bits per heavy atom. The van der Waals surface area contributed by atoms with Crippen molar-refractivity contribution in [2.45, 2.75) is 118 Å². The molecule has 0 aromatic rings. The molecule has 5 aliphatic rings. The van der Waals surface area contributed by atoms with Crippen molar-refractivity contribution in [2.24, 2.45) is 58.2 Å². The quantitative estimate of drug-likeness (QED) is 0.398. The summed E-state index contributed by atoms with van der Waals surface area (Å²) in [5.41, 5.74) is 0.803. The molecule has 34 heavy (non-hydrogen) atoms. The van der Waals surface area contributed by atoms with Crippen molar-refractivity contribution in [2.75, 3.05) is 13.2 Å². The van der Waals surface area contributed by atoms with Gasteiger partial charge in [-0.1, -0.05) is 53.9 Å². The number of ketones is 1. The SMILES string of the molecule is CC(=O)C1CC2(C)C(CCC3C2CCC2(C)C(C(C)CCCC(C)C)CCC32)CC12OCCO2. The third-order valence-electron chi connectivity index (χ3n) is 12.2. The fourth-order valence-corrected chi connectivity index (χ4v) is 10.5. The van der Waals surface area contributed by atoms with E-state index in [1.54, 1.807) is 6.92 Å². The number of hydrogen-bond donors (Lipinski definition) is 0. The standard InChI is InChI=1S/C31H52O3/c1-20(2)8-7-9-21(3)25-12-13-26-24-11-10-23-18-31(33-16-17-34-31)28(22(4)32)19-30(23,6)27(24)14-15-29(25,26)5/h20-21,23-28H,7-19H2,1-6H3. The summed E-state index contributed by atoms with van der Waals surface area (Å²) >= 11 is 0. The molecule has 1 saturated heterocycles. The third kappa shape index (κ3) is 3.94. The molecule has 5 rings (SSSR count). The van der Waals surface area contributed by atoms with Crippen LogP contribution in [0.1, 0.15) is 112 Å². The molecule has 0 aromatic heterocycles. The van der Waals surface area contributed by atoms with Crippen molar-refractivity contribution < 1.29 is 14.3 Å². The first-order valence-electron chi connectivity index (χ1n) is 14.9. The Kier molecular flexibility index (Phi) is 6.80. The highest BCUT2D eigenvalue weighted by atomic mass is 16.7. The number of carbonyl (C=O) groups is 1. The Labute approximate surface area is 209 Å². The van der Waals surface area contributed by atoms with Crippen LogP contribution in [0.4, 0.5) is 0 Å². The van der Waals surface area contributed by atoms with Gasteiger partial charge in [0.1, 0.15) is 5.78 Å². The van der Waals surface area contributed by atoms with Gasteiger partial charge in [0.25, 0.3) is 0 Å². The van der Waals surface area contributed by atoms with Gasteiger partial charge in [0.2, 0.25) is 0 Å². The molecule has 1 heterocycles. The van der Waals surface area contributed by atoms with E-state index < -0.39 is 5.79 Å². The zero-order valence-corrected chi connectivity index (χ0v) is 23.0. The molecule has 194 valence electrons. The normalized spacial score (nSPS) is 46.2. The molecule has 0 aromatic carbocycles. The van der Waals surface area contributed by atoms with Gasteiger partial charge in [0.15, 0.2) is 5.79 Å². The average Bonchev–Trinajstić information content (AvgIpc) is 3.38. The number of Topliss-reactive ketones (excluding diaryl/α,β-unsaturated/α-hetero) is 1. The average molecular weight is 473 g/mol. The summed E-state index contributed by atoms with van der Waals surface area (Å²) in [6.45, 7) is 15.6. The maximum atomic E-state index is 12.9. The zero-order chi connectivity index (χ0) is 24.3. The highest BCUT2D eigenvalue weighted by molar-refractivity contribution is 5.79. The third-order valence-corrected chi connectivity index (χ3v) is 12.2. The minimum atomic E-state index is -0.615. The van der Waals surface area contributed by atoms with Gasteiger partial charge in [-0.2, -0.15) is 0 Å². The van der Waals surface area contributed by atoms with E-state index in [0.29, 0.717) is 24.5 Å². The first kappa shape index (κ1) is 25.2. The molecule has 0 N–H and O–H groups in total. The lowest BCUT2D eigenvalue weighted by molar-refractivity contribution is -0.255. The van der Waals surface area contributed by atoms with Crippen molar-refractivity contribution in [1.82, 2.24) is 0 Å². The predicted molar refractivity (Wildman–Crippen MR) is 137 cm³/mol. The largest absolute Gasteiger partial charge is 0.347 e. The summed E-state index contributed by atoms with van der Waals surface area (Å²) in [7, 11) is 0. The molecular formula is C31H52O3. The number of carbonyl (C=O) groups excluding carboxylic acids is 1. The molecule has 1 aliphatic heterocycles. The Balaban J connectivity index is 1.33. The van der Waals surface area contributed by atoms with Gasteiger partial charge in [-0.3, -0.25) is 4.79 Å². The lowest BCUT2D eigenvalue weighted by Crippen LogP contribution is -2.60. The molecule has 1 spiro atoms. The summed E-state index contributed by atoms with van der Waals surface area (Å²) in [5, 5.41) is 0. The number of ether oxygens (including phenoxy) is 2. The maximum absolute atomic E-state index is 12.9. The second-order valence-corrected chi connectivity index (χ2v) is 14.3. The van der Waals surface area contributed by atoms with Crippen LogP contribution in [0.25, 0.3) is 0 Å². The van der Waals surface area contributed by atoms with Crippen molar-refractivity contribution in [3.8, 4) is 0 Å². The molecule has 4 aliphatic carbocycles. The van der Waals surface area contributed by atoms with Crippen LogP contribution in [0.2, 0.25) is 0 Å². The smallest absolute Gasteiger partial charge is 0.178 e. The van der Waals surface area contributed by atoms with Crippen LogP contribution in [-0.2, 0) is 14.3 Å². The first-order chi connectivity index (χ1) is 16.1. The lowest BCUT2D eigenvalue weighted by atomic mass is 9.43. The molecule has 3 nitrogen and oxygen atoms in total. The van der Waals surface area contributed by atoms with Crippen LogP contribution in [0.5, 0.6) is 0 Å². The second-order valence-electron chi connectivity index (χ2n) is 14.3. The molecule has 5 fully saturated rings. The van der Waals surface area contributed by atoms with Crippen LogP contribution >= 0.6 is 0 Å². The highest BCUT2D eigenvalue weighted by Crippen LogP contribution is 2.69. The molecular weight excluding hydrogens is 420 g/mol. The van der Waals surface area contributed by atoms with Crippen LogP contribution in [0.15, 0.2) is 0 Å². The van der Waals surface area contributed by atoms with Crippen molar-refractivity contribution in [1.29, 1.82) is 0 Å². The number of hydrogen-bond acceptors (Lipinski definition) is 3. The van der Waals surface area contributed by atoms with E-state index in [1.807, 2.05) is 0 Å². The van der Waals surface area contributed by atoms with Gasteiger partial charge in [-0.05, 0) is 104 Å². The molecule has 0 radical (unpaired) electrons. The fourth-order valence-electron chi connectivity index (χ4n) is 10.5. The van der Waals surface area contributed by atoms with Crippen molar-refractivity contribution in [3.05, 3.63) is 0 Å². The predicted octanol–water partition coefficient (Wildman–Crippen LogP) is 7.67. The van der Waals surface area contributed by atoms with Gasteiger partial charge in [0.05, 0.1) is 19.1 Å². The summed E-state index contributed by atoms with van der Waals surface area (Å²) in [6.07, 6.45) is 14.5. The van der Waals surface area contributed by atoms with Crippen LogP contribution < -0.4 is 0 Å². The minimum Gasteiger partial charge on any atom is -0.347 e. The molecule has 0 amide bonds. The van der Waals surface area contributed by atoms with Gasteiger partial charge in [-0.15, -0.1) is 0 Å².